The van der Waals surface area contributed by atoms with Crippen molar-refractivity contribution in [2.45, 2.75) is 12.3 Å². The molecule has 76 valence electrons. The maximum atomic E-state index is 5.69. The van der Waals surface area contributed by atoms with Crippen LogP contribution in [0.25, 0.3) is 10.9 Å². The number of para-hydroxylation sites is 1. The van der Waals surface area contributed by atoms with E-state index >= 15 is 0 Å². The van der Waals surface area contributed by atoms with Crippen molar-refractivity contribution >= 4 is 10.9 Å². The largest absolute Gasteiger partial charge is 0.330 e. The predicted octanol–water partition coefficient (Wildman–Crippen LogP) is 2.30. The van der Waals surface area contributed by atoms with Crippen LogP contribution in [0, 0.1) is 5.92 Å². The third kappa shape index (κ3) is 1.41. The molecule has 0 aliphatic heterocycles. The first-order chi connectivity index (χ1) is 7.40. The second kappa shape index (κ2) is 3.31. The molecule has 0 spiro atoms. The molecule has 2 N–H and O–H groups in total. The average molecular weight is 198 g/mol. The number of pyridine rings is 1. The number of hydrogen-bond acceptors (Lipinski definition) is 2. The lowest BCUT2D eigenvalue weighted by atomic mass is 10.0. The van der Waals surface area contributed by atoms with Crippen molar-refractivity contribution in [1.82, 2.24) is 4.98 Å². The maximum absolute atomic E-state index is 5.69. The van der Waals surface area contributed by atoms with Crippen molar-refractivity contribution in [3.8, 4) is 0 Å². The zero-order valence-corrected chi connectivity index (χ0v) is 8.56. The Kier molecular flexibility index (Phi) is 1.96. The molecular weight excluding hydrogens is 184 g/mol. The van der Waals surface area contributed by atoms with E-state index in [-0.39, 0.29) is 0 Å². The van der Waals surface area contributed by atoms with Gasteiger partial charge in [-0.15, -0.1) is 0 Å². The minimum absolute atomic E-state index is 0.669. The number of nitrogens with two attached hydrogens (primary N) is 1. The molecule has 1 saturated carbocycles. The van der Waals surface area contributed by atoms with Crippen molar-refractivity contribution in [3.05, 3.63) is 42.1 Å². The summed E-state index contributed by atoms with van der Waals surface area (Å²) >= 11 is 0. The Balaban J connectivity index is 2.11. The molecule has 1 aromatic carbocycles. The number of hydrogen-bond donors (Lipinski definition) is 1. The van der Waals surface area contributed by atoms with E-state index in [0.29, 0.717) is 11.8 Å². The lowest BCUT2D eigenvalue weighted by molar-refractivity contribution is 0.812. The minimum Gasteiger partial charge on any atom is -0.330 e. The van der Waals surface area contributed by atoms with Crippen LogP contribution in [-0.4, -0.2) is 11.5 Å². The van der Waals surface area contributed by atoms with E-state index in [2.05, 4.69) is 29.2 Å². The summed E-state index contributed by atoms with van der Waals surface area (Å²) in [5, 5.41) is 1.29. The van der Waals surface area contributed by atoms with Gasteiger partial charge in [-0.1, -0.05) is 18.2 Å². The van der Waals surface area contributed by atoms with E-state index in [1.807, 2.05) is 12.3 Å². The summed E-state index contributed by atoms with van der Waals surface area (Å²) in [4.78, 5) is 4.37. The fourth-order valence-electron chi connectivity index (χ4n) is 2.33. The molecule has 2 nitrogen and oxygen atoms in total. The normalized spacial score (nSPS) is 24.3. The maximum Gasteiger partial charge on any atom is 0.0704 e. The van der Waals surface area contributed by atoms with Crippen molar-refractivity contribution in [2.24, 2.45) is 11.7 Å². The lowest BCUT2D eigenvalue weighted by Gasteiger charge is -2.04. The van der Waals surface area contributed by atoms with Crippen LogP contribution in [0.15, 0.2) is 36.5 Å². The molecule has 0 saturated heterocycles. The molecule has 2 aromatic rings. The number of rotatable bonds is 2. The molecule has 2 atom stereocenters. The summed E-state index contributed by atoms with van der Waals surface area (Å²) in [6.07, 6.45) is 3.15. The van der Waals surface area contributed by atoms with Gasteiger partial charge in [-0.25, -0.2) is 0 Å². The van der Waals surface area contributed by atoms with Crippen LogP contribution in [0.2, 0.25) is 0 Å². The van der Waals surface area contributed by atoms with E-state index in [1.54, 1.807) is 0 Å². The average Bonchev–Trinajstić information content (AvgIpc) is 3.07. The summed E-state index contributed by atoms with van der Waals surface area (Å²) < 4.78 is 0. The van der Waals surface area contributed by atoms with Gasteiger partial charge in [-0.2, -0.15) is 0 Å². The van der Waals surface area contributed by atoms with Crippen molar-refractivity contribution < 1.29 is 0 Å². The fraction of sp³-hybridized carbons (Fsp3) is 0.308. The smallest absolute Gasteiger partial charge is 0.0704 e. The molecule has 15 heavy (non-hydrogen) atoms. The summed E-state index contributed by atoms with van der Waals surface area (Å²) in [7, 11) is 0. The number of nitrogens with zero attached hydrogens (tertiary/aromatic N) is 1. The van der Waals surface area contributed by atoms with Crippen molar-refractivity contribution in [3.63, 3.8) is 0 Å². The molecule has 1 aliphatic rings. The van der Waals surface area contributed by atoms with Gasteiger partial charge in [0, 0.05) is 11.6 Å². The van der Waals surface area contributed by atoms with E-state index < -0.39 is 0 Å². The van der Waals surface area contributed by atoms with Crippen LogP contribution in [0.1, 0.15) is 17.9 Å². The van der Waals surface area contributed by atoms with E-state index in [0.717, 1.165) is 12.1 Å². The van der Waals surface area contributed by atoms with Gasteiger partial charge < -0.3 is 5.73 Å². The first-order valence-corrected chi connectivity index (χ1v) is 5.44. The Morgan fingerprint density at radius 3 is 2.93 bits per heavy atom. The van der Waals surface area contributed by atoms with Crippen molar-refractivity contribution in [2.75, 3.05) is 6.54 Å². The van der Waals surface area contributed by atoms with E-state index in [9.17, 15) is 0 Å². The van der Waals surface area contributed by atoms with Crippen LogP contribution >= 0.6 is 0 Å². The second-order valence-electron chi connectivity index (χ2n) is 4.26. The molecule has 0 radical (unpaired) electrons. The summed E-state index contributed by atoms with van der Waals surface area (Å²) in [5.41, 5.74) is 8.21. The van der Waals surface area contributed by atoms with Crippen LogP contribution < -0.4 is 5.73 Å². The predicted molar refractivity (Wildman–Crippen MR) is 61.6 cm³/mol. The third-order valence-electron chi connectivity index (χ3n) is 3.31. The first kappa shape index (κ1) is 8.86. The summed E-state index contributed by atoms with van der Waals surface area (Å²) in [6.45, 7) is 0.807. The Bertz CT molecular complexity index is 487. The molecule has 1 fully saturated rings. The zero-order valence-electron chi connectivity index (χ0n) is 8.56. The van der Waals surface area contributed by atoms with Crippen LogP contribution in [-0.2, 0) is 0 Å². The van der Waals surface area contributed by atoms with Gasteiger partial charge in [0.15, 0.2) is 0 Å². The molecule has 3 rings (SSSR count). The van der Waals surface area contributed by atoms with Crippen molar-refractivity contribution in [1.29, 1.82) is 0 Å². The number of benzene rings is 1. The summed E-state index contributed by atoms with van der Waals surface area (Å²) in [5.74, 6) is 1.36. The first-order valence-electron chi connectivity index (χ1n) is 5.44. The van der Waals surface area contributed by atoms with Crippen LogP contribution in [0.5, 0.6) is 0 Å². The van der Waals surface area contributed by atoms with Crippen LogP contribution in [0.4, 0.5) is 0 Å². The van der Waals surface area contributed by atoms with E-state index in [1.165, 1.54) is 17.4 Å². The van der Waals surface area contributed by atoms with Gasteiger partial charge >= 0.3 is 0 Å². The quantitative estimate of drug-likeness (QED) is 0.804. The highest BCUT2D eigenvalue weighted by molar-refractivity contribution is 5.82. The highest BCUT2D eigenvalue weighted by atomic mass is 14.7. The van der Waals surface area contributed by atoms with Crippen LogP contribution in [0.3, 0.4) is 0 Å². The molecule has 2 heteroatoms. The highest BCUT2D eigenvalue weighted by Gasteiger charge is 2.37. The van der Waals surface area contributed by atoms with Gasteiger partial charge in [-0.3, -0.25) is 4.98 Å². The Hall–Kier alpha value is -1.41. The van der Waals surface area contributed by atoms with Gasteiger partial charge in [-0.05, 0) is 42.5 Å². The molecule has 1 aromatic heterocycles. The van der Waals surface area contributed by atoms with Gasteiger partial charge in [0.1, 0.15) is 0 Å². The zero-order chi connectivity index (χ0) is 10.3. The highest BCUT2D eigenvalue weighted by Crippen LogP contribution is 2.48. The summed E-state index contributed by atoms with van der Waals surface area (Å²) in [6, 6.07) is 10.5. The molecule has 1 aliphatic carbocycles. The molecule has 2 unspecified atom stereocenters. The Morgan fingerprint density at radius 1 is 1.27 bits per heavy atom. The second-order valence-corrected chi connectivity index (χ2v) is 4.26. The SMILES string of the molecule is NCC1CC1c1ccnc2ccccc12. The monoisotopic (exact) mass is 198 g/mol. The Morgan fingerprint density at radius 2 is 2.13 bits per heavy atom. The minimum atomic E-state index is 0.669. The van der Waals surface area contributed by atoms with Gasteiger partial charge in [0.05, 0.1) is 5.52 Å². The number of fused-ring (bicyclic) bond motifs is 1. The Labute approximate surface area is 89.1 Å². The third-order valence-corrected chi connectivity index (χ3v) is 3.31. The molecule has 1 heterocycles. The topological polar surface area (TPSA) is 38.9 Å². The molecule has 0 bridgehead atoms. The lowest BCUT2D eigenvalue weighted by Crippen LogP contribution is -2.02. The van der Waals surface area contributed by atoms with Gasteiger partial charge in [0.2, 0.25) is 0 Å². The molecule has 0 amide bonds. The van der Waals surface area contributed by atoms with Gasteiger partial charge in [0.25, 0.3) is 0 Å². The molecular formula is C13H14N2. The van der Waals surface area contributed by atoms with E-state index in [4.69, 9.17) is 5.73 Å². The number of aromatic nitrogens is 1. The fourth-order valence-corrected chi connectivity index (χ4v) is 2.33. The standard InChI is InChI=1S/C13H14N2/c14-8-9-7-12(9)10-5-6-15-13-4-2-1-3-11(10)13/h1-6,9,12H,7-8,14H2.